The van der Waals surface area contributed by atoms with E-state index >= 15 is 0 Å². The van der Waals surface area contributed by atoms with Crippen LogP contribution in [0.2, 0.25) is 5.02 Å². The number of nitrogens with zero attached hydrogens (tertiary/aromatic N) is 3. The maximum atomic E-state index is 13.2. The molecule has 0 radical (unpaired) electrons. The van der Waals surface area contributed by atoms with Gasteiger partial charge >= 0.3 is 0 Å². The number of carbonyl (C=O) groups excluding carboxylic acids is 2. The van der Waals surface area contributed by atoms with E-state index in [4.69, 9.17) is 11.6 Å². The van der Waals surface area contributed by atoms with Crippen LogP contribution in [0.5, 0.6) is 0 Å². The SMILES string of the molecule is Bc1cc(C(=O)Nc2c(C)cc(Br)cc2C(=O)NC(C)C)n(-c2ncccc2Cl)n1. The molecule has 0 unspecified atom stereocenters. The molecule has 2 N–H and O–H groups in total. The number of aromatic nitrogens is 3. The zero-order valence-electron chi connectivity index (χ0n) is 17.0. The summed E-state index contributed by atoms with van der Waals surface area (Å²) in [4.78, 5) is 30.1. The van der Waals surface area contributed by atoms with Crippen LogP contribution in [-0.2, 0) is 0 Å². The third-order valence-electron chi connectivity index (χ3n) is 4.21. The van der Waals surface area contributed by atoms with Gasteiger partial charge in [0.05, 0.1) is 16.3 Å². The van der Waals surface area contributed by atoms with Crippen LogP contribution in [0.4, 0.5) is 5.69 Å². The molecule has 10 heteroatoms. The first-order valence-corrected chi connectivity index (χ1v) is 10.4. The second-order valence-electron chi connectivity index (χ2n) is 7.12. The molecule has 2 heterocycles. The predicted octanol–water partition coefficient (Wildman–Crippen LogP) is 2.64. The van der Waals surface area contributed by atoms with E-state index in [1.807, 2.05) is 26.8 Å². The Kier molecular flexibility index (Phi) is 6.63. The molecule has 0 saturated carbocycles. The van der Waals surface area contributed by atoms with Crippen LogP contribution in [0.1, 0.15) is 40.3 Å². The summed E-state index contributed by atoms with van der Waals surface area (Å²) in [5.41, 5.74) is 2.42. The monoisotopic (exact) mass is 487 g/mol. The molecular formula is C20H20BBrClN5O2. The highest BCUT2D eigenvalue weighted by molar-refractivity contribution is 9.10. The van der Waals surface area contributed by atoms with E-state index in [9.17, 15) is 9.59 Å². The largest absolute Gasteiger partial charge is 0.350 e. The molecule has 0 aliphatic heterocycles. The topological polar surface area (TPSA) is 88.9 Å². The van der Waals surface area contributed by atoms with Gasteiger partial charge in [0.15, 0.2) is 13.7 Å². The van der Waals surface area contributed by atoms with Gasteiger partial charge in [0, 0.05) is 22.3 Å². The predicted molar refractivity (Wildman–Crippen MR) is 124 cm³/mol. The van der Waals surface area contributed by atoms with Crippen molar-refractivity contribution in [3.8, 4) is 5.82 Å². The normalized spacial score (nSPS) is 10.9. The number of rotatable bonds is 5. The summed E-state index contributed by atoms with van der Waals surface area (Å²) in [5.74, 6) is -0.355. The third-order valence-corrected chi connectivity index (χ3v) is 4.96. The average Bonchev–Trinajstić information content (AvgIpc) is 3.05. The molecule has 0 spiro atoms. The van der Waals surface area contributed by atoms with E-state index < -0.39 is 5.91 Å². The van der Waals surface area contributed by atoms with Crippen molar-refractivity contribution in [2.45, 2.75) is 26.8 Å². The Bertz CT molecular complexity index is 1130. The maximum Gasteiger partial charge on any atom is 0.274 e. The Morgan fingerprint density at radius 1 is 1.23 bits per heavy atom. The fraction of sp³-hybridized carbons (Fsp3) is 0.200. The highest BCUT2D eigenvalue weighted by Gasteiger charge is 2.22. The average molecular weight is 489 g/mol. The number of pyridine rings is 1. The zero-order chi connectivity index (χ0) is 22.0. The summed E-state index contributed by atoms with van der Waals surface area (Å²) >= 11 is 9.67. The minimum atomic E-state index is -0.429. The number of hydrogen-bond donors (Lipinski definition) is 2. The van der Waals surface area contributed by atoms with Crippen molar-refractivity contribution in [1.29, 1.82) is 0 Å². The van der Waals surface area contributed by atoms with Crippen molar-refractivity contribution in [2.75, 3.05) is 5.32 Å². The lowest BCUT2D eigenvalue weighted by Gasteiger charge is -2.16. The number of amides is 2. The summed E-state index contributed by atoms with van der Waals surface area (Å²) in [6.07, 6.45) is 1.58. The molecule has 1 aromatic carbocycles. The third kappa shape index (κ3) is 4.74. The Labute approximate surface area is 188 Å². The van der Waals surface area contributed by atoms with E-state index in [2.05, 4.69) is 36.6 Å². The van der Waals surface area contributed by atoms with E-state index in [1.165, 1.54) is 4.68 Å². The maximum absolute atomic E-state index is 13.2. The number of anilines is 1. The van der Waals surface area contributed by atoms with E-state index in [1.54, 1.807) is 38.3 Å². The summed E-state index contributed by atoms with van der Waals surface area (Å²) in [6, 6.07) is 8.49. The van der Waals surface area contributed by atoms with Crippen molar-refractivity contribution >= 4 is 58.5 Å². The summed E-state index contributed by atoms with van der Waals surface area (Å²) < 4.78 is 2.14. The fourth-order valence-electron chi connectivity index (χ4n) is 2.96. The molecule has 2 amide bonds. The van der Waals surface area contributed by atoms with E-state index in [0.29, 0.717) is 27.7 Å². The summed E-state index contributed by atoms with van der Waals surface area (Å²) in [5, 5.41) is 10.5. The van der Waals surface area contributed by atoms with Gasteiger partial charge in [-0.1, -0.05) is 27.5 Å². The molecule has 30 heavy (non-hydrogen) atoms. The van der Waals surface area contributed by atoms with Gasteiger partial charge in [0.25, 0.3) is 11.8 Å². The lowest BCUT2D eigenvalue weighted by molar-refractivity contribution is 0.0944. The minimum Gasteiger partial charge on any atom is -0.350 e. The van der Waals surface area contributed by atoms with Gasteiger partial charge < -0.3 is 10.6 Å². The second kappa shape index (κ2) is 9.01. The molecule has 3 rings (SSSR count). The van der Waals surface area contributed by atoms with E-state index in [0.717, 1.165) is 10.0 Å². The van der Waals surface area contributed by atoms with Gasteiger partial charge in [0.1, 0.15) is 5.69 Å². The molecule has 0 saturated heterocycles. The Morgan fingerprint density at radius 3 is 2.63 bits per heavy atom. The first kappa shape index (κ1) is 22.0. The molecule has 0 fully saturated rings. The molecule has 2 aromatic heterocycles. The Morgan fingerprint density at radius 2 is 1.97 bits per heavy atom. The molecule has 0 bridgehead atoms. The quantitative estimate of drug-likeness (QED) is 0.541. The van der Waals surface area contributed by atoms with Gasteiger partial charge in [-0.3, -0.25) is 9.59 Å². The van der Waals surface area contributed by atoms with Gasteiger partial charge in [-0.25, -0.2) is 9.67 Å². The van der Waals surface area contributed by atoms with Crippen molar-refractivity contribution < 1.29 is 9.59 Å². The fourth-order valence-corrected chi connectivity index (χ4v) is 3.74. The number of aryl methyl sites for hydroxylation is 1. The van der Waals surface area contributed by atoms with Gasteiger partial charge in [0.2, 0.25) is 0 Å². The highest BCUT2D eigenvalue weighted by Crippen LogP contribution is 2.27. The summed E-state index contributed by atoms with van der Waals surface area (Å²) in [6.45, 7) is 5.57. The molecule has 0 atom stereocenters. The summed E-state index contributed by atoms with van der Waals surface area (Å²) in [7, 11) is 1.77. The Hall–Kier alpha value is -2.65. The van der Waals surface area contributed by atoms with Crippen molar-refractivity contribution in [3.63, 3.8) is 0 Å². The van der Waals surface area contributed by atoms with Crippen molar-refractivity contribution in [2.24, 2.45) is 0 Å². The van der Waals surface area contributed by atoms with Gasteiger partial charge in [-0.05, 0) is 56.7 Å². The zero-order valence-corrected chi connectivity index (χ0v) is 19.3. The van der Waals surface area contributed by atoms with Crippen LogP contribution in [0.3, 0.4) is 0 Å². The van der Waals surface area contributed by atoms with Crippen molar-refractivity contribution in [1.82, 2.24) is 20.1 Å². The molecule has 3 aromatic rings. The number of hydrogen-bond acceptors (Lipinski definition) is 4. The van der Waals surface area contributed by atoms with Crippen LogP contribution in [0.25, 0.3) is 5.82 Å². The molecule has 154 valence electrons. The minimum absolute atomic E-state index is 0.0456. The smallest absolute Gasteiger partial charge is 0.274 e. The first-order valence-electron chi connectivity index (χ1n) is 9.27. The number of carbonyl (C=O) groups is 2. The standard InChI is InChI=1S/C20H20BBrClN5O2/c1-10(2)25-19(29)13-8-12(22)7-11(3)17(13)26-20(30)15-9-16(21)27-28(15)18-14(23)5-4-6-24-18/h4-10H,21H2,1-3H3,(H,25,29)(H,26,30). The second-order valence-corrected chi connectivity index (χ2v) is 8.44. The van der Waals surface area contributed by atoms with E-state index in [-0.39, 0.29) is 17.6 Å². The molecule has 0 aliphatic carbocycles. The van der Waals surface area contributed by atoms with Gasteiger partial charge in [-0.2, -0.15) is 5.10 Å². The van der Waals surface area contributed by atoms with Crippen LogP contribution in [0, 0.1) is 6.92 Å². The van der Waals surface area contributed by atoms with Crippen LogP contribution in [0.15, 0.2) is 41.0 Å². The van der Waals surface area contributed by atoms with Crippen LogP contribution < -0.4 is 16.2 Å². The molecule has 0 aliphatic rings. The van der Waals surface area contributed by atoms with Gasteiger partial charge in [-0.15, -0.1) is 0 Å². The highest BCUT2D eigenvalue weighted by atomic mass is 79.9. The first-order chi connectivity index (χ1) is 14.2. The molecular weight excluding hydrogens is 468 g/mol. The van der Waals surface area contributed by atoms with Crippen LogP contribution in [-0.4, -0.2) is 40.5 Å². The van der Waals surface area contributed by atoms with Crippen LogP contribution >= 0.6 is 27.5 Å². The van der Waals surface area contributed by atoms with Crippen molar-refractivity contribution in [3.05, 3.63) is 62.8 Å². The Balaban J connectivity index is 2.02. The lowest BCUT2D eigenvalue weighted by atomic mass is 10.0. The number of halogens is 2. The molecule has 7 nitrogen and oxygen atoms in total. The lowest BCUT2D eigenvalue weighted by Crippen LogP contribution is -2.31. The number of nitrogens with one attached hydrogen (secondary N) is 2. The number of benzene rings is 1.